The number of nitriles is 1. The quantitative estimate of drug-likeness (QED) is 0.886. The first-order chi connectivity index (χ1) is 8.52. The number of aromatic nitrogens is 1. The molecular formula is C12H12BrN3O2. The molecule has 0 aliphatic heterocycles. The van der Waals surface area contributed by atoms with Gasteiger partial charge in [-0.05, 0) is 47.7 Å². The third-order valence-corrected chi connectivity index (χ3v) is 3.76. The second-order valence-electron chi connectivity index (χ2n) is 4.40. The standard InChI is InChI=1S/C12H12BrN3O2/c1-6-9(13)4-8(11(17)15-6)12(18)16-10(5-14)7-2-3-7/h4,7,10H,2-3H2,1H3,(H,15,17)(H,16,18)/t10-/m0/s1. The SMILES string of the molecule is Cc1[nH]c(=O)c(C(=O)N[C@@H](C#N)C2CC2)cc1Br. The summed E-state index contributed by atoms with van der Waals surface area (Å²) in [6.45, 7) is 1.73. The van der Waals surface area contributed by atoms with Crippen LogP contribution < -0.4 is 10.9 Å². The molecule has 1 saturated carbocycles. The van der Waals surface area contributed by atoms with Gasteiger partial charge < -0.3 is 10.3 Å². The molecule has 94 valence electrons. The highest BCUT2D eigenvalue weighted by Crippen LogP contribution is 2.32. The molecule has 0 aromatic carbocycles. The molecular weight excluding hydrogens is 298 g/mol. The summed E-state index contributed by atoms with van der Waals surface area (Å²) in [5.41, 5.74) is 0.240. The van der Waals surface area contributed by atoms with Gasteiger partial charge >= 0.3 is 0 Å². The lowest BCUT2D eigenvalue weighted by Gasteiger charge is -2.10. The molecule has 1 amide bonds. The normalized spacial score (nSPS) is 15.8. The second kappa shape index (κ2) is 4.94. The van der Waals surface area contributed by atoms with Crippen molar-refractivity contribution in [1.29, 1.82) is 5.26 Å². The van der Waals surface area contributed by atoms with Gasteiger partial charge in [-0.3, -0.25) is 9.59 Å². The number of H-pyrrole nitrogens is 1. The molecule has 1 aliphatic rings. The maximum atomic E-state index is 11.9. The van der Waals surface area contributed by atoms with E-state index in [0.717, 1.165) is 12.8 Å². The molecule has 1 fully saturated rings. The summed E-state index contributed by atoms with van der Waals surface area (Å²) in [7, 11) is 0. The fraction of sp³-hybridized carbons (Fsp3) is 0.417. The number of aryl methyl sites for hydroxylation is 1. The van der Waals surface area contributed by atoms with Crippen LogP contribution in [0.3, 0.4) is 0 Å². The summed E-state index contributed by atoms with van der Waals surface area (Å²) in [5, 5.41) is 11.5. The number of aromatic amines is 1. The topological polar surface area (TPSA) is 85.8 Å². The fourth-order valence-corrected chi connectivity index (χ4v) is 2.00. The molecule has 2 N–H and O–H groups in total. The molecule has 1 heterocycles. The van der Waals surface area contributed by atoms with Crippen molar-refractivity contribution < 1.29 is 4.79 Å². The summed E-state index contributed by atoms with van der Waals surface area (Å²) in [5.74, 6) is -0.276. The second-order valence-corrected chi connectivity index (χ2v) is 5.26. The lowest BCUT2D eigenvalue weighted by Crippen LogP contribution is -2.38. The van der Waals surface area contributed by atoms with E-state index in [1.165, 1.54) is 6.07 Å². The molecule has 0 bridgehead atoms. The van der Waals surface area contributed by atoms with E-state index in [9.17, 15) is 9.59 Å². The van der Waals surface area contributed by atoms with Crippen molar-refractivity contribution in [1.82, 2.24) is 10.3 Å². The molecule has 1 aliphatic carbocycles. The van der Waals surface area contributed by atoms with Crippen molar-refractivity contribution in [3.8, 4) is 6.07 Å². The molecule has 0 unspecified atom stereocenters. The largest absolute Gasteiger partial charge is 0.336 e. The Hall–Kier alpha value is -1.61. The predicted molar refractivity (Wildman–Crippen MR) is 69.1 cm³/mol. The van der Waals surface area contributed by atoms with E-state index in [1.54, 1.807) is 6.92 Å². The Balaban J connectivity index is 2.21. The fourth-order valence-electron chi connectivity index (χ4n) is 1.67. The Kier molecular flexibility index (Phi) is 3.53. The van der Waals surface area contributed by atoms with Crippen molar-refractivity contribution in [3.63, 3.8) is 0 Å². The van der Waals surface area contributed by atoms with Crippen molar-refractivity contribution in [2.24, 2.45) is 5.92 Å². The van der Waals surface area contributed by atoms with Gasteiger partial charge in [0, 0.05) is 10.2 Å². The summed E-state index contributed by atoms with van der Waals surface area (Å²) >= 11 is 3.26. The lowest BCUT2D eigenvalue weighted by atomic mass is 10.2. The zero-order valence-electron chi connectivity index (χ0n) is 9.79. The Morgan fingerprint density at radius 1 is 1.67 bits per heavy atom. The first-order valence-corrected chi connectivity index (χ1v) is 6.42. The van der Waals surface area contributed by atoms with Gasteiger partial charge in [-0.15, -0.1) is 0 Å². The smallest absolute Gasteiger partial charge is 0.261 e. The van der Waals surface area contributed by atoms with Crippen LogP contribution in [0.1, 0.15) is 28.9 Å². The minimum Gasteiger partial charge on any atom is -0.336 e. The van der Waals surface area contributed by atoms with Crippen molar-refractivity contribution in [2.45, 2.75) is 25.8 Å². The predicted octanol–water partition coefficient (Wildman–Crippen LogP) is 1.48. The zero-order valence-corrected chi connectivity index (χ0v) is 11.4. The number of hydrogen-bond acceptors (Lipinski definition) is 3. The minimum absolute atomic E-state index is 0.0216. The van der Waals surface area contributed by atoms with E-state index >= 15 is 0 Å². The summed E-state index contributed by atoms with van der Waals surface area (Å²) < 4.78 is 0.659. The van der Waals surface area contributed by atoms with Gasteiger partial charge in [0.1, 0.15) is 11.6 Å². The molecule has 5 nitrogen and oxygen atoms in total. The van der Waals surface area contributed by atoms with E-state index in [-0.39, 0.29) is 11.5 Å². The third kappa shape index (κ3) is 2.62. The van der Waals surface area contributed by atoms with E-state index in [4.69, 9.17) is 5.26 Å². The lowest BCUT2D eigenvalue weighted by molar-refractivity contribution is 0.0940. The molecule has 0 radical (unpaired) electrons. The Morgan fingerprint density at radius 3 is 2.89 bits per heavy atom. The Labute approximate surface area is 112 Å². The monoisotopic (exact) mass is 309 g/mol. The minimum atomic E-state index is -0.504. The van der Waals surface area contributed by atoms with Crippen LogP contribution in [0.25, 0.3) is 0 Å². The number of halogens is 1. The number of amides is 1. The number of carbonyl (C=O) groups is 1. The molecule has 6 heteroatoms. The number of nitrogens with zero attached hydrogens (tertiary/aromatic N) is 1. The van der Waals surface area contributed by atoms with Gasteiger partial charge in [-0.1, -0.05) is 0 Å². The highest BCUT2D eigenvalue weighted by molar-refractivity contribution is 9.10. The van der Waals surface area contributed by atoms with Crippen LogP contribution in [0.2, 0.25) is 0 Å². The van der Waals surface area contributed by atoms with Crippen LogP contribution in [-0.4, -0.2) is 16.9 Å². The van der Waals surface area contributed by atoms with E-state index in [1.807, 2.05) is 0 Å². The van der Waals surface area contributed by atoms with E-state index in [0.29, 0.717) is 10.2 Å². The molecule has 1 aromatic heterocycles. The van der Waals surface area contributed by atoms with Crippen LogP contribution >= 0.6 is 15.9 Å². The average Bonchev–Trinajstić information content (AvgIpc) is 3.14. The molecule has 1 aromatic rings. The Morgan fingerprint density at radius 2 is 2.33 bits per heavy atom. The van der Waals surface area contributed by atoms with Crippen molar-refractivity contribution >= 4 is 21.8 Å². The molecule has 2 rings (SSSR count). The average molecular weight is 310 g/mol. The number of hydrogen-bond donors (Lipinski definition) is 2. The van der Waals surface area contributed by atoms with Gasteiger partial charge in [0.25, 0.3) is 11.5 Å². The van der Waals surface area contributed by atoms with Crippen LogP contribution in [0, 0.1) is 24.2 Å². The van der Waals surface area contributed by atoms with Gasteiger partial charge in [-0.2, -0.15) is 5.26 Å². The molecule has 0 spiro atoms. The molecule has 1 atom stereocenters. The summed E-state index contributed by atoms with van der Waals surface area (Å²) in [6.07, 6.45) is 1.90. The maximum absolute atomic E-state index is 11.9. The van der Waals surface area contributed by atoms with Gasteiger partial charge in [0.15, 0.2) is 0 Å². The number of carbonyl (C=O) groups excluding carboxylic acids is 1. The van der Waals surface area contributed by atoms with E-state index in [2.05, 4.69) is 32.3 Å². The summed E-state index contributed by atoms with van der Waals surface area (Å²) in [4.78, 5) is 26.2. The third-order valence-electron chi connectivity index (χ3n) is 2.94. The number of rotatable bonds is 3. The highest BCUT2D eigenvalue weighted by Gasteiger charge is 2.32. The van der Waals surface area contributed by atoms with Crippen LogP contribution in [-0.2, 0) is 0 Å². The van der Waals surface area contributed by atoms with Gasteiger partial charge in [-0.25, -0.2) is 0 Å². The van der Waals surface area contributed by atoms with Gasteiger partial charge in [0.2, 0.25) is 0 Å². The molecule has 18 heavy (non-hydrogen) atoms. The number of nitrogens with one attached hydrogen (secondary N) is 2. The highest BCUT2D eigenvalue weighted by atomic mass is 79.9. The number of pyridine rings is 1. The maximum Gasteiger partial charge on any atom is 0.261 e. The molecule has 0 saturated heterocycles. The van der Waals surface area contributed by atoms with Gasteiger partial charge in [0.05, 0.1) is 6.07 Å². The van der Waals surface area contributed by atoms with E-state index < -0.39 is 17.5 Å². The summed E-state index contributed by atoms with van der Waals surface area (Å²) in [6, 6.07) is 3.03. The first kappa shape index (κ1) is 12.8. The van der Waals surface area contributed by atoms with Crippen LogP contribution in [0.15, 0.2) is 15.3 Å². The Bertz CT molecular complexity index is 584. The van der Waals surface area contributed by atoms with Crippen LogP contribution in [0.4, 0.5) is 0 Å². The van der Waals surface area contributed by atoms with Crippen molar-refractivity contribution in [3.05, 3.63) is 32.2 Å². The zero-order chi connectivity index (χ0) is 13.3. The van der Waals surface area contributed by atoms with Crippen LogP contribution in [0.5, 0.6) is 0 Å². The van der Waals surface area contributed by atoms with Crippen molar-refractivity contribution in [2.75, 3.05) is 0 Å². The first-order valence-electron chi connectivity index (χ1n) is 5.63.